The molecule has 2 nitrogen and oxygen atoms in total. The maximum atomic E-state index is 5.54. The Morgan fingerprint density at radius 3 is 2.43 bits per heavy atom. The van der Waals surface area contributed by atoms with Gasteiger partial charge < -0.3 is 10.1 Å². The molecule has 0 fully saturated rings. The first kappa shape index (κ1) is 16.4. The largest absolute Gasteiger partial charge is 0.494 e. The van der Waals surface area contributed by atoms with E-state index in [1.165, 1.54) is 16.0 Å². The Morgan fingerprint density at radius 2 is 1.90 bits per heavy atom. The van der Waals surface area contributed by atoms with Gasteiger partial charge in [-0.05, 0) is 55.6 Å². The molecule has 0 spiro atoms. The highest BCUT2D eigenvalue weighted by atomic mass is 79.9. The van der Waals surface area contributed by atoms with Gasteiger partial charge in [0.15, 0.2) is 0 Å². The molecule has 0 saturated heterocycles. The van der Waals surface area contributed by atoms with Gasteiger partial charge >= 0.3 is 0 Å². The van der Waals surface area contributed by atoms with Crippen LogP contribution in [0, 0.1) is 0 Å². The van der Waals surface area contributed by atoms with Crippen molar-refractivity contribution >= 4 is 27.7 Å². The summed E-state index contributed by atoms with van der Waals surface area (Å²) in [5, 5.41) is 3.39. The molecule has 1 N–H and O–H groups in total. The van der Waals surface area contributed by atoms with E-state index < -0.39 is 0 Å². The first-order valence-electron chi connectivity index (χ1n) is 6.93. The molecule has 0 aliphatic rings. The van der Waals surface area contributed by atoms with E-state index in [9.17, 15) is 0 Å². The van der Waals surface area contributed by atoms with Gasteiger partial charge in [0.25, 0.3) is 0 Å². The van der Waals surface area contributed by atoms with Gasteiger partial charge in [0.05, 0.1) is 12.6 Å². The van der Waals surface area contributed by atoms with Crippen molar-refractivity contribution in [3.8, 4) is 5.75 Å². The zero-order valence-electron chi connectivity index (χ0n) is 12.5. The monoisotopic (exact) mass is 365 g/mol. The Balaban J connectivity index is 2.31. The summed E-state index contributed by atoms with van der Waals surface area (Å²) in [5.74, 6) is 0.890. The first-order chi connectivity index (χ1) is 10.2. The van der Waals surface area contributed by atoms with Crippen LogP contribution in [0.2, 0.25) is 0 Å². The lowest BCUT2D eigenvalue weighted by atomic mass is 9.99. The molecule has 2 aromatic rings. The van der Waals surface area contributed by atoms with Crippen molar-refractivity contribution in [2.75, 3.05) is 19.9 Å². The highest BCUT2D eigenvalue weighted by Crippen LogP contribution is 2.32. The van der Waals surface area contributed by atoms with Crippen LogP contribution in [0.1, 0.15) is 24.1 Å². The van der Waals surface area contributed by atoms with E-state index in [1.54, 1.807) is 11.8 Å². The van der Waals surface area contributed by atoms with Crippen molar-refractivity contribution in [2.45, 2.75) is 17.9 Å². The molecule has 0 amide bonds. The summed E-state index contributed by atoms with van der Waals surface area (Å²) in [5.41, 5.74) is 2.46. The summed E-state index contributed by atoms with van der Waals surface area (Å²) in [7, 11) is 1.98. The van der Waals surface area contributed by atoms with E-state index in [4.69, 9.17) is 4.74 Å². The minimum Gasteiger partial charge on any atom is -0.494 e. The SMILES string of the molecule is CCOc1ccc(C(NC)c2ccc(SC)cc2)c(Br)c1. The minimum atomic E-state index is 0.158. The average molecular weight is 366 g/mol. The maximum Gasteiger partial charge on any atom is 0.120 e. The van der Waals surface area contributed by atoms with Crippen LogP contribution in [-0.2, 0) is 0 Å². The van der Waals surface area contributed by atoms with Gasteiger partial charge in [-0.1, -0.05) is 34.1 Å². The minimum absolute atomic E-state index is 0.158. The third kappa shape index (κ3) is 4.02. The van der Waals surface area contributed by atoms with E-state index in [2.05, 4.69) is 57.8 Å². The van der Waals surface area contributed by atoms with E-state index in [1.807, 2.05) is 26.1 Å². The molecule has 2 rings (SSSR count). The fraction of sp³-hybridized carbons (Fsp3) is 0.294. The Morgan fingerprint density at radius 1 is 1.19 bits per heavy atom. The average Bonchev–Trinajstić information content (AvgIpc) is 2.51. The Labute approximate surface area is 139 Å². The smallest absolute Gasteiger partial charge is 0.120 e. The molecule has 0 bridgehead atoms. The standard InChI is InChI=1S/C17H20BrNOS/c1-4-20-13-7-10-15(16(18)11-13)17(19-2)12-5-8-14(21-3)9-6-12/h5-11,17,19H,4H2,1-3H3. The molecule has 0 radical (unpaired) electrons. The molecule has 1 atom stereocenters. The zero-order chi connectivity index (χ0) is 15.2. The van der Waals surface area contributed by atoms with Crippen LogP contribution in [0.5, 0.6) is 5.75 Å². The van der Waals surface area contributed by atoms with E-state index in [0.717, 1.165) is 10.2 Å². The van der Waals surface area contributed by atoms with Gasteiger partial charge in [-0.2, -0.15) is 0 Å². The highest BCUT2D eigenvalue weighted by molar-refractivity contribution is 9.10. The number of rotatable bonds is 6. The second kappa shape index (κ2) is 7.87. The van der Waals surface area contributed by atoms with Gasteiger partial charge in [0, 0.05) is 9.37 Å². The second-order valence-electron chi connectivity index (χ2n) is 4.61. The van der Waals surface area contributed by atoms with Crippen molar-refractivity contribution in [3.63, 3.8) is 0 Å². The number of thioether (sulfide) groups is 1. The number of ether oxygens (including phenoxy) is 1. The third-order valence-corrected chi connectivity index (χ3v) is 4.76. The summed E-state index contributed by atoms with van der Waals surface area (Å²) < 4.78 is 6.60. The summed E-state index contributed by atoms with van der Waals surface area (Å²) in [6.45, 7) is 2.67. The second-order valence-corrected chi connectivity index (χ2v) is 6.35. The topological polar surface area (TPSA) is 21.3 Å². The summed E-state index contributed by atoms with van der Waals surface area (Å²) in [6, 6.07) is 15.0. The fourth-order valence-corrected chi connectivity index (χ4v) is 3.29. The fourth-order valence-electron chi connectivity index (χ4n) is 2.30. The van der Waals surface area contributed by atoms with Crippen LogP contribution in [0.15, 0.2) is 51.8 Å². The van der Waals surface area contributed by atoms with Gasteiger partial charge in [-0.3, -0.25) is 0 Å². The molecule has 4 heteroatoms. The lowest BCUT2D eigenvalue weighted by molar-refractivity contribution is 0.340. The summed E-state index contributed by atoms with van der Waals surface area (Å²) in [6.07, 6.45) is 2.09. The molecule has 0 saturated carbocycles. The van der Waals surface area contributed by atoms with Crippen molar-refractivity contribution in [1.82, 2.24) is 5.32 Å². The molecule has 112 valence electrons. The van der Waals surface area contributed by atoms with Crippen molar-refractivity contribution in [2.24, 2.45) is 0 Å². The zero-order valence-corrected chi connectivity index (χ0v) is 14.9. The molecule has 21 heavy (non-hydrogen) atoms. The van der Waals surface area contributed by atoms with Crippen molar-refractivity contribution in [1.29, 1.82) is 0 Å². The van der Waals surface area contributed by atoms with E-state index >= 15 is 0 Å². The molecule has 1 unspecified atom stereocenters. The lowest BCUT2D eigenvalue weighted by Gasteiger charge is -2.19. The quantitative estimate of drug-likeness (QED) is 0.737. The Kier molecular flexibility index (Phi) is 6.15. The van der Waals surface area contributed by atoms with E-state index in [-0.39, 0.29) is 6.04 Å². The molecule has 0 aliphatic carbocycles. The van der Waals surface area contributed by atoms with Crippen LogP contribution < -0.4 is 10.1 Å². The molecular formula is C17H20BrNOS. The van der Waals surface area contributed by atoms with Gasteiger partial charge in [0.2, 0.25) is 0 Å². The predicted molar refractivity (Wildman–Crippen MR) is 94.4 cm³/mol. The van der Waals surface area contributed by atoms with Crippen LogP contribution in [0.3, 0.4) is 0 Å². The van der Waals surface area contributed by atoms with Crippen molar-refractivity contribution < 1.29 is 4.74 Å². The number of halogens is 1. The van der Waals surface area contributed by atoms with Crippen LogP contribution in [-0.4, -0.2) is 19.9 Å². The normalized spacial score (nSPS) is 12.2. The molecular weight excluding hydrogens is 346 g/mol. The Bertz CT molecular complexity index is 586. The maximum absolute atomic E-state index is 5.54. The summed E-state index contributed by atoms with van der Waals surface area (Å²) in [4.78, 5) is 1.28. The number of hydrogen-bond donors (Lipinski definition) is 1. The van der Waals surface area contributed by atoms with Crippen LogP contribution >= 0.6 is 27.7 Å². The Hall–Kier alpha value is -0.970. The highest BCUT2D eigenvalue weighted by Gasteiger charge is 2.15. The number of nitrogens with one attached hydrogen (secondary N) is 1. The molecule has 0 aromatic heterocycles. The third-order valence-electron chi connectivity index (χ3n) is 3.33. The van der Waals surface area contributed by atoms with E-state index in [0.29, 0.717) is 6.61 Å². The lowest BCUT2D eigenvalue weighted by Crippen LogP contribution is -2.18. The van der Waals surface area contributed by atoms with Gasteiger partial charge in [-0.25, -0.2) is 0 Å². The predicted octanol–water partition coefficient (Wildman–Crippen LogP) is 4.88. The van der Waals surface area contributed by atoms with Crippen molar-refractivity contribution in [3.05, 3.63) is 58.1 Å². The molecule has 2 aromatic carbocycles. The molecule has 0 heterocycles. The number of hydrogen-bond acceptors (Lipinski definition) is 3. The van der Waals surface area contributed by atoms with Gasteiger partial charge in [-0.15, -0.1) is 11.8 Å². The van der Waals surface area contributed by atoms with Crippen LogP contribution in [0.4, 0.5) is 0 Å². The van der Waals surface area contributed by atoms with Crippen LogP contribution in [0.25, 0.3) is 0 Å². The number of benzene rings is 2. The summed E-state index contributed by atoms with van der Waals surface area (Å²) >= 11 is 5.42. The van der Waals surface area contributed by atoms with Gasteiger partial charge in [0.1, 0.15) is 5.75 Å². The first-order valence-corrected chi connectivity index (χ1v) is 8.94. The molecule has 0 aliphatic heterocycles.